The first-order valence-corrected chi connectivity index (χ1v) is 8.75. The summed E-state index contributed by atoms with van der Waals surface area (Å²) in [7, 11) is 1.20. The van der Waals surface area contributed by atoms with Crippen LogP contribution >= 0.6 is 22.6 Å². The van der Waals surface area contributed by atoms with Crippen LogP contribution < -0.4 is 10.8 Å². The number of carbonyl (C=O) groups excluding carboxylic acids is 2. The van der Waals surface area contributed by atoms with Gasteiger partial charge in [0.15, 0.2) is 11.5 Å². The van der Waals surface area contributed by atoms with Gasteiger partial charge in [-0.15, -0.1) is 0 Å². The van der Waals surface area contributed by atoms with Gasteiger partial charge in [0, 0.05) is 3.57 Å². The number of benzene rings is 1. The Balaban J connectivity index is 2.25. The van der Waals surface area contributed by atoms with E-state index in [-0.39, 0.29) is 30.1 Å². The number of hydrogen-bond donors (Lipinski definition) is 2. The van der Waals surface area contributed by atoms with Crippen LogP contribution in [0, 0.1) is 26.5 Å². The number of pyridine rings is 1. The monoisotopic (exact) mass is 502 g/mol. The van der Waals surface area contributed by atoms with E-state index in [1.807, 2.05) is 28.1 Å². The summed E-state index contributed by atoms with van der Waals surface area (Å²) in [4.78, 5) is 31.9. The number of nitriles is 1. The van der Waals surface area contributed by atoms with Crippen molar-refractivity contribution in [2.75, 3.05) is 19.0 Å². The average Bonchev–Trinajstić information content (AvgIpc) is 2.67. The molecule has 0 aliphatic rings. The van der Waals surface area contributed by atoms with Crippen molar-refractivity contribution in [3.63, 3.8) is 0 Å². The molecule has 2 N–H and O–H groups in total. The van der Waals surface area contributed by atoms with Crippen LogP contribution in [-0.4, -0.2) is 30.6 Å². The first-order chi connectivity index (χ1) is 13.3. The lowest BCUT2D eigenvalue weighted by Gasteiger charge is -2.13. The quantitative estimate of drug-likeness (QED) is 0.259. The van der Waals surface area contributed by atoms with Crippen molar-refractivity contribution in [1.82, 2.24) is 10.5 Å². The molecule has 11 heteroatoms. The molecule has 146 valence electrons. The van der Waals surface area contributed by atoms with Crippen molar-refractivity contribution in [3.05, 3.63) is 50.7 Å². The van der Waals surface area contributed by atoms with Crippen molar-refractivity contribution in [1.29, 1.82) is 5.26 Å². The molecule has 8 nitrogen and oxygen atoms in total. The Bertz CT molecular complexity index is 949. The molecule has 0 radical (unpaired) electrons. The summed E-state index contributed by atoms with van der Waals surface area (Å²) in [6.07, 6.45) is -0.115. The van der Waals surface area contributed by atoms with Gasteiger partial charge in [-0.05, 0) is 46.9 Å². The highest BCUT2D eigenvalue weighted by Crippen LogP contribution is 2.24. The zero-order valence-corrected chi connectivity index (χ0v) is 16.5. The average molecular weight is 502 g/mol. The van der Waals surface area contributed by atoms with Gasteiger partial charge >= 0.3 is 5.97 Å². The number of nitrogens with one attached hydrogen (secondary N) is 2. The Morgan fingerprint density at radius 1 is 1.29 bits per heavy atom. The molecule has 0 unspecified atom stereocenters. The molecular weight excluding hydrogens is 489 g/mol. The standard InChI is InChI=1S/C17H13F2IN4O4/c1-27-15(25)4-5-28-24-17(26)10-7-12(19)14(8-21)23-16(10)22-13-3-2-9(20)6-11(13)18/h2-3,6-7H,4-5H2,1H3,(H,22,23)(H,24,26). The van der Waals surface area contributed by atoms with Crippen LogP contribution in [-0.2, 0) is 14.4 Å². The molecular formula is C17H13F2IN4O4. The Hall–Kier alpha value is -2.85. The zero-order chi connectivity index (χ0) is 20.7. The van der Waals surface area contributed by atoms with Crippen LogP contribution in [0.4, 0.5) is 20.3 Å². The second-order valence-corrected chi connectivity index (χ2v) is 6.43. The predicted molar refractivity (Wildman–Crippen MR) is 101 cm³/mol. The number of rotatable bonds is 7. The summed E-state index contributed by atoms with van der Waals surface area (Å²) in [6.45, 7) is -0.181. The first-order valence-electron chi connectivity index (χ1n) is 7.67. The summed E-state index contributed by atoms with van der Waals surface area (Å²) < 4.78 is 33.1. The van der Waals surface area contributed by atoms with E-state index in [2.05, 4.69) is 15.0 Å². The number of methoxy groups -OCH3 is 1. The maximum Gasteiger partial charge on any atom is 0.307 e. The van der Waals surface area contributed by atoms with Gasteiger partial charge in [0.25, 0.3) is 5.91 Å². The minimum atomic E-state index is -1.03. The maximum atomic E-state index is 14.1. The van der Waals surface area contributed by atoms with E-state index in [9.17, 15) is 18.4 Å². The van der Waals surface area contributed by atoms with Gasteiger partial charge in [-0.25, -0.2) is 19.2 Å². The lowest BCUT2D eigenvalue weighted by Crippen LogP contribution is -2.26. The van der Waals surface area contributed by atoms with Gasteiger partial charge in [0.1, 0.15) is 17.7 Å². The second kappa shape index (κ2) is 9.90. The summed E-state index contributed by atoms with van der Waals surface area (Å²) in [5, 5.41) is 11.5. The van der Waals surface area contributed by atoms with Crippen LogP contribution in [0.15, 0.2) is 24.3 Å². The van der Waals surface area contributed by atoms with E-state index in [1.165, 1.54) is 19.2 Å². The number of anilines is 2. The molecule has 1 heterocycles. The highest BCUT2D eigenvalue weighted by Gasteiger charge is 2.19. The molecule has 0 saturated carbocycles. The molecule has 0 aliphatic carbocycles. The van der Waals surface area contributed by atoms with Crippen molar-refractivity contribution in [2.45, 2.75) is 6.42 Å². The maximum absolute atomic E-state index is 14.1. The summed E-state index contributed by atoms with van der Waals surface area (Å²) in [6, 6.07) is 6.58. The molecule has 0 spiro atoms. The number of carbonyl (C=O) groups is 2. The molecule has 2 aromatic rings. The molecule has 0 atom stereocenters. The topological polar surface area (TPSA) is 113 Å². The Labute approximate surface area is 171 Å². The molecule has 1 aromatic carbocycles. The SMILES string of the molecule is COC(=O)CCONC(=O)c1cc(F)c(C#N)nc1Nc1ccc(I)cc1F. The number of halogens is 3. The third kappa shape index (κ3) is 5.57. The minimum Gasteiger partial charge on any atom is -0.469 e. The molecule has 2 rings (SSSR count). The number of nitrogens with zero attached hydrogens (tertiary/aromatic N) is 2. The summed E-state index contributed by atoms with van der Waals surface area (Å²) in [5.41, 5.74) is 1.10. The number of amides is 1. The van der Waals surface area contributed by atoms with E-state index in [0.717, 1.165) is 6.07 Å². The van der Waals surface area contributed by atoms with Crippen molar-refractivity contribution < 1.29 is 27.9 Å². The van der Waals surface area contributed by atoms with Crippen LogP contribution in [0.25, 0.3) is 0 Å². The fourth-order valence-corrected chi connectivity index (χ4v) is 2.42. The van der Waals surface area contributed by atoms with E-state index in [4.69, 9.17) is 10.1 Å². The van der Waals surface area contributed by atoms with Crippen LogP contribution in [0.2, 0.25) is 0 Å². The smallest absolute Gasteiger partial charge is 0.307 e. The lowest BCUT2D eigenvalue weighted by molar-refractivity contribution is -0.142. The fourth-order valence-electron chi connectivity index (χ4n) is 1.96. The highest BCUT2D eigenvalue weighted by molar-refractivity contribution is 14.1. The van der Waals surface area contributed by atoms with Crippen molar-refractivity contribution in [2.24, 2.45) is 0 Å². The van der Waals surface area contributed by atoms with Gasteiger partial charge < -0.3 is 10.1 Å². The Morgan fingerprint density at radius 2 is 2.04 bits per heavy atom. The van der Waals surface area contributed by atoms with Gasteiger partial charge in [-0.3, -0.25) is 14.4 Å². The first kappa shape index (κ1) is 21.5. The zero-order valence-electron chi connectivity index (χ0n) is 14.4. The highest BCUT2D eigenvalue weighted by atomic mass is 127. The molecule has 0 fully saturated rings. The van der Waals surface area contributed by atoms with Gasteiger partial charge in [-0.2, -0.15) is 5.26 Å². The second-order valence-electron chi connectivity index (χ2n) is 5.18. The lowest BCUT2D eigenvalue weighted by atomic mass is 10.2. The fraction of sp³-hybridized carbons (Fsp3) is 0.176. The molecule has 1 aromatic heterocycles. The van der Waals surface area contributed by atoms with Crippen molar-refractivity contribution >= 4 is 46.0 Å². The van der Waals surface area contributed by atoms with E-state index in [1.54, 1.807) is 12.1 Å². The molecule has 0 bridgehead atoms. The molecule has 1 amide bonds. The summed E-state index contributed by atoms with van der Waals surface area (Å²) in [5.74, 6) is -3.36. The number of aromatic nitrogens is 1. The van der Waals surface area contributed by atoms with Gasteiger partial charge in [0.05, 0.1) is 31.4 Å². The predicted octanol–water partition coefficient (Wildman–Crippen LogP) is 2.80. The third-order valence-electron chi connectivity index (χ3n) is 3.31. The minimum absolute atomic E-state index is 0.0240. The molecule has 0 saturated heterocycles. The van der Waals surface area contributed by atoms with Crippen LogP contribution in [0.1, 0.15) is 22.5 Å². The van der Waals surface area contributed by atoms with Crippen LogP contribution in [0.5, 0.6) is 0 Å². The number of hydrogen-bond acceptors (Lipinski definition) is 7. The molecule has 28 heavy (non-hydrogen) atoms. The normalized spacial score (nSPS) is 10.1. The number of hydroxylamine groups is 1. The van der Waals surface area contributed by atoms with Crippen LogP contribution in [0.3, 0.4) is 0 Å². The summed E-state index contributed by atoms with van der Waals surface area (Å²) >= 11 is 1.92. The van der Waals surface area contributed by atoms with Gasteiger partial charge in [0.2, 0.25) is 0 Å². The Morgan fingerprint density at radius 3 is 2.68 bits per heavy atom. The Kier molecular flexibility index (Phi) is 7.59. The number of esters is 1. The van der Waals surface area contributed by atoms with E-state index in [0.29, 0.717) is 3.57 Å². The van der Waals surface area contributed by atoms with Crippen molar-refractivity contribution in [3.8, 4) is 6.07 Å². The largest absolute Gasteiger partial charge is 0.469 e. The van der Waals surface area contributed by atoms with E-state index < -0.39 is 29.2 Å². The number of ether oxygens (including phenoxy) is 1. The molecule has 0 aliphatic heterocycles. The third-order valence-corrected chi connectivity index (χ3v) is 3.98. The van der Waals surface area contributed by atoms with Gasteiger partial charge in [-0.1, -0.05) is 0 Å². The van der Waals surface area contributed by atoms with E-state index >= 15 is 0 Å².